The van der Waals surface area contributed by atoms with Crippen molar-refractivity contribution >= 4 is 5.71 Å². The summed E-state index contributed by atoms with van der Waals surface area (Å²) in [5.74, 6) is 1.26. The minimum absolute atomic E-state index is 0.343. The van der Waals surface area contributed by atoms with Crippen LogP contribution in [0.25, 0.3) is 0 Å². The van der Waals surface area contributed by atoms with Gasteiger partial charge in [-0.3, -0.25) is 4.99 Å². The molecule has 0 aliphatic carbocycles. The van der Waals surface area contributed by atoms with Crippen LogP contribution in [0.1, 0.15) is 53.9 Å². The maximum atomic E-state index is 4.78. The van der Waals surface area contributed by atoms with Crippen LogP contribution in [0, 0.1) is 17.3 Å². The van der Waals surface area contributed by atoms with Gasteiger partial charge in [-0.1, -0.05) is 46.8 Å². The van der Waals surface area contributed by atoms with Crippen molar-refractivity contribution in [3.05, 3.63) is 12.2 Å². The van der Waals surface area contributed by atoms with E-state index in [1.54, 1.807) is 0 Å². The molecule has 1 rings (SSSR count). The molecule has 1 aliphatic rings. The summed E-state index contributed by atoms with van der Waals surface area (Å²) >= 11 is 0. The number of hydrogen-bond acceptors (Lipinski definition) is 1. The van der Waals surface area contributed by atoms with Crippen molar-refractivity contribution < 1.29 is 0 Å². The molecule has 1 nitrogen and oxygen atoms in total. The molecule has 0 amide bonds. The largest absolute Gasteiger partial charge is 0.293 e. The van der Waals surface area contributed by atoms with E-state index in [-0.39, 0.29) is 0 Å². The summed E-state index contributed by atoms with van der Waals surface area (Å²) < 4.78 is 0. The van der Waals surface area contributed by atoms with Gasteiger partial charge in [0.2, 0.25) is 0 Å². The Morgan fingerprint density at radius 2 is 2.06 bits per heavy atom. The lowest BCUT2D eigenvalue weighted by Crippen LogP contribution is -2.27. The van der Waals surface area contributed by atoms with Gasteiger partial charge < -0.3 is 0 Å². The summed E-state index contributed by atoms with van der Waals surface area (Å²) in [6.07, 6.45) is 3.45. The Kier molecular flexibility index (Phi) is 4.35. The van der Waals surface area contributed by atoms with E-state index in [1.165, 1.54) is 17.7 Å². The zero-order valence-corrected chi connectivity index (χ0v) is 11.6. The molecular weight excluding hydrogens is 194 g/mol. The lowest BCUT2D eigenvalue weighted by atomic mass is 9.74. The molecule has 0 spiro atoms. The van der Waals surface area contributed by atoms with E-state index in [4.69, 9.17) is 4.99 Å². The quantitative estimate of drug-likeness (QED) is 0.620. The van der Waals surface area contributed by atoms with Crippen molar-refractivity contribution in [3.63, 3.8) is 0 Å². The predicted octanol–water partition coefficient (Wildman–Crippen LogP) is 4.49. The van der Waals surface area contributed by atoms with Crippen molar-refractivity contribution in [3.8, 4) is 0 Å². The second kappa shape index (κ2) is 5.16. The van der Waals surface area contributed by atoms with E-state index in [1.807, 2.05) is 0 Å². The highest BCUT2D eigenvalue weighted by molar-refractivity contribution is 5.89. The first kappa shape index (κ1) is 13.5. The third-order valence-electron chi connectivity index (χ3n) is 3.86. The Hall–Kier alpha value is -0.590. The molecule has 16 heavy (non-hydrogen) atoms. The topological polar surface area (TPSA) is 12.4 Å². The van der Waals surface area contributed by atoms with Crippen LogP contribution >= 0.6 is 0 Å². The Morgan fingerprint density at radius 1 is 1.44 bits per heavy atom. The van der Waals surface area contributed by atoms with Crippen LogP contribution in [0.4, 0.5) is 0 Å². The lowest BCUT2D eigenvalue weighted by Gasteiger charge is -2.30. The van der Waals surface area contributed by atoms with Crippen LogP contribution in [-0.2, 0) is 0 Å². The van der Waals surface area contributed by atoms with Crippen molar-refractivity contribution in [2.24, 2.45) is 22.2 Å². The van der Waals surface area contributed by atoms with Crippen LogP contribution in [0.2, 0.25) is 0 Å². The van der Waals surface area contributed by atoms with Gasteiger partial charge in [-0.2, -0.15) is 0 Å². The van der Waals surface area contributed by atoms with E-state index in [9.17, 15) is 0 Å². The van der Waals surface area contributed by atoms with Crippen LogP contribution in [-0.4, -0.2) is 12.3 Å². The van der Waals surface area contributed by atoms with Gasteiger partial charge in [-0.05, 0) is 24.7 Å². The second-order valence-electron chi connectivity index (χ2n) is 6.07. The van der Waals surface area contributed by atoms with Gasteiger partial charge >= 0.3 is 0 Å². The Morgan fingerprint density at radius 3 is 2.50 bits per heavy atom. The van der Waals surface area contributed by atoms with Crippen LogP contribution < -0.4 is 0 Å². The van der Waals surface area contributed by atoms with Gasteiger partial charge in [-0.15, -0.1) is 0 Å². The molecule has 92 valence electrons. The van der Waals surface area contributed by atoms with Gasteiger partial charge in [0.15, 0.2) is 0 Å². The van der Waals surface area contributed by atoms with Gasteiger partial charge in [-0.25, -0.2) is 0 Å². The van der Waals surface area contributed by atoms with E-state index >= 15 is 0 Å². The SMILES string of the molecule is C=C(CC)C1CN=C(C(CC)C(C)(C)C)C1. The fourth-order valence-electron chi connectivity index (χ4n) is 2.77. The van der Waals surface area contributed by atoms with E-state index in [0.29, 0.717) is 17.3 Å². The monoisotopic (exact) mass is 221 g/mol. The molecule has 0 saturated heterocycles. The Bertz CT molecular complexity index is 280. The summed E-state index contributed by atoms with van der Waals surface area (Å²) in [7, 11) is 0. The fraction of sp³-hybridized carbons (Fsp3) is 0.800. The minimum Gasteiger partial charge on any atom is -0.293 e. The van der Waals surface area contributed by atoms with Crippen molar-refractivity contribution in [2.45, 2.75) is 53.9 Å². The molecule has 0 N–H and O–H groups in total. The summed E-state index contributed by atoms with van der Waals surface area (Å²) in [6, 6.07) is 0. The summed E-state index contributed by atoms with van der Waals surface area (Å²) in [4.78, 5) is 4.78. The van der Waals surface area contributed by atoms with E-state index in [2.05, 4.69) is 41.2 Å². The normalized spacial score (nSPS) is 23.1. The van der Waals surface area contributed by atoms with Crippen molar-refractivity contribution in [1.82, 2.24) is 0 Å². The van der Waals surface area contributed by atoms with Crippen molar-refractivity contribution in [1.29, 1.82) is 0 Å². The highest BCUT2D eigenvalue weighted by Crippen LogP contribution is 2.35. The molecule has 1 heteroatoms. The van der Waals surface area contributed by atoms with Gasteiger partial charge in [0.25, 0.3) is 0 Å². The molecule has 0 aromatic rings. The third kappa shape index (κ3) is 2.96. The summed E-state index contributed by atoms with van der Waals surface area (Å²) in [5.41, 5.74) is 3.16. The average Bonchev–Trinajstić information content (AvgIpc) is 2.64. The van der Waals surface area contributed by atoms with Gasteiger partial charge in [0.1, 0.15) is 0 Å². The van der Waals surface area contributed by atoms with Gasteiger partial charge in [0, 0.05) is 24.1 Å². The third-order valence-corrected chi connectivity index (χ3v) is 3.86. The molecule has 0 bridgehead atoms. The maximum Gasteiger partial charge on any atom is 0.0457 e. The van der Waals surface area contributed by atoms with Gasteiger partial charge in [0.05, 0.1) is 0 Å². The van der Waals surface area contributed by atoms with E-state index in [0.717, 1.165) is 19.4 Å². The fourth-order valence-corrected chi connectivity index (χ4v) is 2.77. The molecule has 0 aromatic heterocycles. The lowest BCUT2D eigenvalue weighted by molar-refractivity contribution is 0.303. The smallest absolute Gasteiger partial charge is 0.0457 e. The summed E-state index contributed by atoms with van der Waals surface area (Å²) in [5, 5.41) is 0. The Labute approximate surface area is 101 Å². The maximum absolute atomic E-state index is 4.78. The molecule has 0 radical (unpaired) electrons. The molecular formula is C15H27N. The molecule has 0 aromatic carbocycles. The predicted molar refractivity (Wildman–Crippen MR) is 73.1 cm³/mol. The minimum atomic E-state index is 0.343. The highest BCUT2D eigenvalue weighted by Gasteiger charge is 2.32. The molecule has 1 aliphatic heterocycles. The van der Waals surface area contributed by atoms with Crippen molar-refractivity contribution in [2.75, 3.05) is 6.54 Å². The number of hydrogen-bond donors (Lipinski definition) is 0. The zero-order chi connectivity index (χ0) is 12.3. The van der Waals surface area contributed by atoms with Crippen LogP contribution in [0.15, 0.2) is 17.1 Å². The molecule has 1 heterocycles. The standard InChI is InChI=1S/C15H27N/c1-7-11(3)12-9-14(16-10-12)13(8-2)15(4,5)6/h12-13H,3,7-10H2,1-2,4-6H3. The van der Waals surface area contributed by atoms with Crippen LogP contribution in [0.5, 0.6) is 0 Å². The summed E-state index contributed by atoms with van der Waals surface area (Å²) in [6.45, 7) is 16.6. The number of rotatable bonds is 4. The molecule has 2 unspecified atom stereocenters. The number of nitrogens with zero attached hydrogens (tertiary/aromatic N) is 1. The highest BCUT2D eigenvalue weighted by atomic mass is 14.8. The molecule has 0 fully saturated rings. The average molecular weight is 221 g/mol. The first-order valence-electron chi connectivity index (χ1n) is 6.61. The molecule has 2 atom stereocenters. The number of aliphatic imine (C=N–C) groups is 1. The Balaban J connectivity index is 2.67. The first-order chi connectivity index (χ1) is 7.40. The zero-order valence-electron chi connectivity index (χ0n) is 11.6. The second-order valence-corrected chi connectivity index (χ2v) is 6.07. The van der Waals surface area contributed by atoms with E-state index < -0.39 is 0 Å². The van der Waals surface area contributed by atoms with Crippen LogP contribution in [0.3, 0.4) is 0 Å². The molecule has 0 saturated carbocycles. The first-order valence-corrected chi connectivity index (χ1v) is 6.61.